The number of aliphatic hydroxyl groups excluding tert-OH is 1. The minimum absolute atomic E-state index is 0.471. The average molecular weight is 311 g/mol. The van der Waals surface area contributed by atoms with Gasteiger partial charge in [-0.25, -0.2) is 0 Å². The van der Waals surface area contributed by atoms with Gasteiger partial charge in [0.1, 0.15) is 5.75 Å². The molecule has 0 bridgehead atoms. The zero-order valence-electron chi connectivity index (χ0n) is 10.3. The van der Waals surface area contributed by atoms with Gasteiger partial charge in [-0.15, -0.1) is 0 Å². The van der Waals surface area contributed by atoms with Gasteiger partial charge >= 0.3 is 0 Å². The molecule has 1 heterocycles. The van der Waals surface area contributed by atoms with Gasteiger partial charge in [0.25, 0.3) is 0 Å². The van der Waals surface area contributed by atoms with Crippen molar-refractivity contribution < 1.29 is 9.84 Å². The van der Waals surface area contributed by atoms with Crippen LogP contribution in [-0.4, -0.2) is 22.0 Å². The molecule has 2 rings (SSSR count). The van der Waals surface area contributed by atoms with E-state index in [1.165, 1.54) is 0 Å². The summed E-state index contributed by atoms with van der Waals surface area (Å²) >= 11 is 3.38. The van der Waals surface area contributed by atoms with Crippen LogP contribution in [0, 0.1) is 0 Å². The predicted molar refractivity (Wildman–Crippen MR) is 72.6 cm³/mol. The Bertz CT molecular complexity index is 540. The van der Waals surface area contributed by atoms with Gasteiger partial charge in [-0.2, -0.15) is 5.10 Å². The molecule has 1 aromatic heterocycles. The maximum absolute atomic E-state index is 10.2. The van der Waals surface area contributed by atoms with Crippen LogP contribution in [0.25, 0.3) is 0 Å². The van der Waals surface area contributed by atoms with Crippen molar-refractivity contribution in [3.05, 3.63) is 46.2 Å². The Morgan fingerprint density at radius 1 is 1.44 bits per heavy atom. The van der Waals surface area contributed by atoms with E-state index < -0.39 is 6.10 Å². The normalized spacial score (nSPS) is 12.4. The Balaban J connectivity index is 2.20. The zero-order chi connectivity index (χ0) is 13.1. The van der Waals surface area contributed by atoms with Crippen molar-refractivity contribution >= 4 is 15.9 Å². The number of aliphatic hydroxyl groups is 1. The maximum atomic E-state index is 10.2. The van der Waals surface area contributed by atoms with Crippen LogP contribution < -0.4 is 4.74 Å². The van der Waals surface area contributed by atoms with Gasteiger partial charge in [-0.05, 0) is 18.2 Å². The van der Waals surface area contributed by atoms with E-state index in [1.54, 1.807) is 11.8 Å². The smallest absolute Gasteiger partial charge is 0.125 e. The second kappa shape index (κ2) is 5.54. The standard InChI is InChI=1S/C13H15BrN2O2/c1-16-6-5-10(15-16)8-12(17)11-4-3-9(14)7-13(11)18-2/h3-7,12,17H,8H2,1-2H3. The number of hydrogen-bond acceptors (Lipinski definition) is 3. The van der Waals surface area contributed by atoms with Gasteiger partial charge in [-0.1, -0.05) is 22.0 Å². The van der Waals surface area contributed by atoms with Crippen LogP contribution in [0.1, 0.15) is 17.4 Å². The van der Waals surface area contributed by atoms with E-state index in [1.807, 2.05) is 37.5 Å². The number of aromatic nitrogens is 2. The number of methoxy groups -OCH3 is 1. The summed E-state index contributed by atoms with van der Waals surface area (Å²) in [5.74, 6) is 0.674. The third-order valence-electron chi connectivity index (χ3n) is 2.73. The van der Waals surface area contributed by atoms with Crippen LogP contribution in [0.15, 0.2) is 34.9 Å². The van der Waals surface area contributed by atoms with Crippen molar-refractivity contribution in [1.29, 1.82) is 0 Å². The summed E-state index contributed by atoms with van der Waals surface area (Å²) in [6, 6.07) is 7.49. The number of rotatable bonds is 4. The largest absolute Gasteiger partial charge is 0.496 e. The molecular weight excluding hydrogens is 296 g/mol. The predicted octanol–water partition coefficient (Wildman–Crippen LogP) is 2.47. The van der Waals surface area contributed by atoms with Crippen LogP contribution in [0.3, 0.4) is 0 Å². The summed E-state index contributed by atoms with van der Waals surface area (Å²) in [5.41, 5.74) is 1.63. The molecule has 5 heteroatoms. The molecule has 0 saturated heterocycles. The lowest BCUT2D eigenvalue weighted by atomic mass is 10.0. The second-order valence-corrected chi connectivity index (χ2v) is 5.00. The lowest BCUT2D eigenvalue weighted by molar-refractivity contribution is 0.172. The Hall–Kier alpha value is -1.33. The van der Waals surface area contributed by atoms with Crippen molar-refractivity contribution in [2.24, 2.45) is 7.05 Å². The van der Waals surface area contributed by atoms with Crippen LogP contribution in [0.2, 0.25) is 0 Å². The molecule has 18 heavy (non-hydrogen) atoms. The molecule has 1 N–H and O–H groups in total. The van der Waals surface area contributed by atoms with E-state index in [0.717, 1.165) is 15.7 Å². The molecule has 0 aliphatic rings. The molecule has 0 amide bonds. The molecule has 0 aliphatic heterocycles. The minimum Gasteiger partial charge on any atom is -0.496 e. The van der Waals surface area contributed by atoms with E-state index in [2.05, 4.69) is 21.0 Å². The summed E-state index contributed by atoms with van der Waals surface area (Å²) in [5, 5.41) is 14.5. The molecule has 1 aromatic carbocycles. The van der Waals surface area contributed by atoms with Gasteiger partial charge in [0.2, 0.25) is 0 Å². The molecule has 1 atom stereocenters. The molecule has 0 spiro atoms. The molecule has 4 nitrogen and oxygen atoms in total. The summed E-state index contributed by atoms with van der Waals surface area (Å²) in [4.78, 5) is 0. The maximum Gasteiger partial charge on any atom is 0.125 e. The Morgan fingerprint density at radius 2 is 2.22 bits per heavy atom. The lowest BCUT2D eigenvalue weighted by Gasteiger charge is -2.14. The van der Waals surface area contributed by atoms with Crippen molar-refractivity contribution in [3.8, 4) is 5.75 Å². The Kier molecular flexibility index (Phi) is 4.04. The van der Waals surface area contributed by atoms with Gasteiger partial charge in [-0.3, -0.25) is 4.68 Å². The van der Waals surface area contributed by atoms with Crippen molar-refractivity contribution in [3.63, 3.8) is 0 Å². The first-order valence-electron chi connectivity index (χ1n) is 5.60. The van der Waals surface area contributed by atoms with Crippen molar-refractivity contribution in [2.45, 2.75) is 12.5 Å². The van der Waals surface area contributed by atoms with E-state index in [-0.39, 0.29) is 0 Å². The van der Waals surface area contributed by atoms with Gasteiger partial charge in [0.15, 0.2) is 0 Å². The molecule has 0 fully saturated rings. The Morgan fingerprint density at radius 3 is 2.83 bits per heavy atom. The second-order valence-electron chi connectivity index (χ2n) is 4.09. The number of nitrogens with zero attached hydrogens (tertiary/aromatic N) is 2. The van der Waals surface area contributed by atoms with Crippen molar-refractivity contribution in [2.75, 3.05) is 7.11 Å². The molecule has 96 valence electrons. The number of hydrogen-bond donors (Lipinski definition) is 1. The average Bonchev–Trinajstić information content (AvgIpc) is 2.74. The molecular formula is C13H15BrN2O2. The monoisotopic (exact) mass is 310 g/mol. The van der Waals surface area contributed by atoms with E-state index in [4.69, 9.17) is 4.74 Å². The van der Waals surface area contributed by atoms with Crippen LogP contribution in [-0.2, 0) is 13.5 Å². The van der Waals surface area contributed by atoms with E-state index >= 15 is 0 Å². The summed E-state index contributed by atoms with van der Waals surface area (Å²) in [6.45, 7) is 0. The highest BCUT2D eigenvalue weighted by Gasteiger charge is 2.15. The molecule has 0 saturated carbocycles. The van der Waals surface area contributed by atoms with E-state index in [9.17, 15) is 5.11 Å². The lowest BCUT2D eigenvalue weighted by Crippen LogP contribution is -2.05. The van der Waals surface area contributed by atoms with Gasteiger partial charge < -0.3 is 9.84 Å². The third-order valence-corrected chi connectivity index (χ3v) is 3.22. The topological polar surface area (TPSA) is 47.3 Å². The van der Waals surface area contributed by atoms with E-state index in [0.29, 0.717) is 12.2 Å². The fraction of sp³-hybridized carbons (Fsp3) is 0.308. The van der Waals surface area contributed by atoms with Gasteiger partial charge in [0.05, 0.1) is 18.9 Å². The molecule has 2 aromatic rings. The molecule has 0 aliphatic carbocycles. The fourth-order valence-electron chi connectivity index (χ4n) is 1.84. The summed E-state index contributed by atoms with van der Waals surface area (Å²) < 4.78 is 7.92. The first-order chi connectivity index (χ1) is 8.60. The number of benzene rings is 1. The highest BCUT2D eigenvalue weighted by Crippen LogP contribution is 2.30. The number of halogens is 1. The summed E-state index contributed by atoms with van der Waals surface area (Å²) in [6.07, 6.45) is 1.71. The third kappa shape index (κ3) is 2.91. The first-order valence-corrected chi connectivity index (χ1v) is 6.39. The first kappa shape index (κ1) is 13.1. The van der Waals surface area contributed by atoms with Gasteiger partial charge in [0, 0.05) is 29.7 Å². The highest BCUT2D eigenvalue weighted by atomic mass is 79.9. The Labute approximate surface area is 114 Å². The molecule has 1 unspecified atom stereocenters. The number of aryl methyl sites for hydroxylation is 1. The van der Waals surface area contributed by atoms with Crippen LogP contribution in [0.5, 0.6) is 5.75 Å². The summed E-state index contributed by atoms with van der Waals surface area (Å²) in [7, 11) is 3.45. The SMILES string of the molecule is COc1cc(Br)ccc1C(O)Cc1ccn(C)n1. The number of ether oxygens (including phenoxy) is 1. The quantitative estimate of drug-likeness (QED) is 0.943. The fourth-order valence-corrected chi connectivity index (χ4v) is 2.18. The highest BCUT2D eigenvalue weighted by molar-refractivity contribution is 9.10. The molecule has 0 radical (unpaired) electrons. The minimum atomic E-state index is -0.622. The van der Waals surface area contributed by atoms with Crippen molar-refractivity contribution in [1.82, 2.24) is 9.78 Å². The zero-order valence-corrected chi connectivity index (χ0v) is 11.9. The van der Waals surface area contributed by atoms with Crippen LogP contribution >= 0.6 is 15.9 Å². The van der Waals surface area contributed by atoms with Crippen LogP contribution in [0.4, 0.5) is 0 Å².